The molecule has 0 bridgehead atoms. The standard InChI is InChI=1S/C13H12ClNO3S/c1-8-12(9-2-4-10(14)5-3-9)15(13(18)19-8)7-6-11(16)17/h2-5H,6-7H2,1H3,(H,16,17). The predicted octanol–water partition coefficient (Wildman–Crippen LogP) is 3.01. The molecule has 0 saturated carbocycles. The van der Waals surface area contributed by atoms with Crippen molar-refractivity contribution in [2.24, 2.45) is 0 Å². The Balaban J connectivity index is 2.47. The molecule has 4 nitrogen and oxygen atoms in total. The van der Waals surface area contributed by atoms with E-state index in [1.165, 1.54) is 4.57 Å². The molecule has 2 aromatic rings. The zero-order valence-corrected chi connectivity index (χ0v) is 11.8. The van der Waals surface area contributed by atoms with Gasteiger partial charge in [-0.05, 0) is 24.6 Å². The van der Waals surface area contributed by atoms with E-state index in [1.807, 2.05) is 19.1 Å². The first-order valence-corrected chi connectivity index (χ1v) is 6.86. The third-order valence-corrected chi connectivity index (χ3v) is 3.88. The zero-order valence-electron chi connectivity index (χ0n) is 10.2. The molecule has 1 aromatic heterocycles. The minimum absolute atomic E-state index is 0.0727. The lowest BCUT2D eigenvalue weighted by Crippen LogP contribution is -2.16. The third kappa shape index (κ3) is 3.05. The van der Waals surface area contributed by atoms with Gasteiger partial charge in [0, 0.05) is 16.4 Å². The highest BCUT2D eigenvalue weighted by Gasteiger charge is 2.14. The van der Waals surface area contributed by atoms with Gasteiger partial charge in [-0.1, -0.05) is 35.1 Å². The van der Waals surface area contributed by atoms with E-state index in [0.29, 0.717) is 5.02 Å². The van der Waals surface area contributed by atoms with Crippen molar-refractivity contribution in [3.63, 3.8) is 0 Å². The fourth-order valence-corrected chi connectivity index (χ4v) is 2.90. The summed E-state index contributed by atoms with van der Waals surface area (Å²) in [6.07, 6.45) is -0.0727. The Labute approximate surface area is 118 Å². The first-order chi connectivity index (χ1) is 8.99. The lowest BCUT2D eigenvalue weighted by Gasteiger charge is -2.08. The van der Waals surface area contributed by atoms with Crippen molar-refractivity contribution in [2.75, 3.05) is 0 Å². The van der Waals surface area contributed by atoms with E-state index >= 15 is 0 Å². The number of aryl methyl sites for hydroxylation is 1. The van der Waals surface area contributed by atoms with Gasteiger partial charge in [0.2, 0.25) is 0 Å². The van der Waals surface area contributed by atoms with Crippen molar-refractivity contribution >= 4 is 28.9 Å². The average Bonchev–Trinajstić information content (AvgIpc) is 2.62. The second-order valence-corrected chi connectivity index (χ2v) is 5.68. The third-order valence-electron chi connectivity index (χ3n) is 2.73. The highest BCUT2D eigenvalue weighted by atomic mass is 35.5. The van der Waals surface area contributed by atoms with Gasteiger partial charge in [-0.25, -0.2) is 0 Å². The molecule has 0 aliphatic carbocycles. The van der Waals surface area contributed by atoms with Gasteiger partial charge in [0.1, 0.15) is 0 Å². The number of halogens is 1. The molecule has 1 aromatic carbocycles. The molecule has 0 radical (unpaired) electrons. The van der Waals surface area contributed by atoms with Crippen LogP contribution in [0.1, 0.15) is 11.3 Å². The van der Waals surface area contributed by atoms with Crippen LogP contribution in [0, 0.1) is 6.92 Å². The van der Waals surface area contributed by atoms with E-state index < -0.39 is 5.97 Å². The molecule has 0 fully saturated rings. The average molecular weight is 298 g/mol. The van der Waals surface area contributed by atoms with Gasteiger partial charge < -0.3 is 5.11 Å². The molecule has 6 heteroatoms. The summed E-state index contributed by atoms with van der Waals surface area (Å²) in [5.74, 6) is -0.919. The number of carboxylic acid groups (broad SMARTS) is 1. The molecule has 0 saturated heterocycles. The Morgan fingerprint density at radius 1 is 1.37 bits per heavy atom. The Hall–Kier alpha value is -1.59. The smallest absolute Gasteiger partial charge is 0.307 e. The second kappa shape index (κ2) is 5.59. The van der Waals surface area contributed by atoms with E-state index in [2.05, 4.69) is 0 Å². The van der Waals surface area contributed by atoms with Crippen molar-refractivity contribution in [1.29, 1.82) is 0 Å². The maximum atomic E-state index is 11.9. The molecule has 0 unspecified atom stereocenters. The summed E-state index contributed by atoms with van der Waals surface area (Å²) >= 11 is 6.97. The highest BCUT2D eigenvalue weighted by Crippen LogP contribution is 2.26. The summed E-state index contributed by atoms with van der Waals surface area (Å²) in [5.41, 5.74) is 1.64. The van der Waals surface area contributed by atoms with Gasteiger partial charge in [-0.15, -0.1) is 0 Å². The number of hydrogen-bond acceptors (Lipinski definition) is 3. The monoisotopic (exact) mass is 297 g/mol. The van der Waals surface area contributed by atoms with Gasteiger partial charge in [0.15, 0.2) is 0 Å². The predicted molar refractivity (Wildman–Crippen MR) is 76.0 cm³/mol. The van der Waals surface area contributed by atoms with Gasteiger partial charge in [-0.2, -0.15) is 0 Å². The molecular formula is C13H12ClNO3S. The van der Waals surface area contributed by atoms with Crippen LogP contribution in [-0.2, 0) is 11.3 Å². The van der Waals surface area contributed by atoms with E-state index in [1.54, 1.807) is 12.1 Å². The van der Waals surface area contributed by atoms with Crippen LogP contribution in [-0.4, -0.2) is 15.6 Å². The fraction of sp³-hybridized carbons (Fsp3) is 0.231. The topological polar surface area (TPSA) is 59.3 Å². The van der Waals surface area contributed by atoms with Gasteiger partial charge in [0.25, 0.3) is 0 Å². The van der Waals surface area contributed by atoms with Crippen molar-refractivity contribution in [3.8, 4) is 11.3 Å². The molecule has 1 N–H and O–H groups in total. The van der Waals surface area contributed by atoms with E-state index in [4.69, 9.17) is 16.7 Å². The van der Waals surface area contributed by atoms with Crippen molar-refractivity contribution in [1.82, 2.24) is 4.57 Å². The van der Waals surface area contributed by atoms with Crippen LogP contribution in [0.4, 0.5) is 0 Å². The van der Waals surface area contributed by atoms with Crippen LogP contribution in [0.15, 0.2) is 29.1 Å². The maximum Gasteiger partial charge on any atom is 0.307 e. The quantitative estimate of drug-likeness (QED) is 0.943. The van der Waals surface area contributed by atoms with Gasteiger partial charge in [0.05, 0.1) is 12.1 Å². The van der Waals surface area contributed by atoms with Crippen LogP contribution >= 0.6 is 22.9 Å². The number of nitrogens with zero attached hydrogens (tertiary/aromatic N) is 1. The molecule has 0 amide bonds. The highest BCUT2D eigenvalue weighted by molar-refractivity contribution is 7.09. The number of carboxylic acids is 1. The lowest BCUT2D eigenvalue weighted by atomic mass is 10.1. The van der Waals surface area contributed by atoms with Crippen LogP contribution in [0.5, 0.6) is 0 Å². The minimum Gasteiger partial charge on any atom is -0.481 e. The Morgan fingerprint density at radius 3 is 2.58 bits per heavy atom. The molecule has 2 rings (SSSR count). The van der Waals surface area contributed by atoms with Crippen molar-refractivity contribution in [3.05, 3.63) is 43.8 Å². The number of hydrogen-bond donors (Lipinski definition) is 1. The number of rotatable bonds is 4. The Bertz CT molecular complexity index is 658. The largest absolute Gasteiger partial charge is 0.481 e. The molecule has 1 heterocycles. The summed E-state index contributed by atoms with van der Waals surface area (Å²) < 4.78 is 1.51. The van der Waals surface area contributed by atoms with Crippen molar-refractivity contribution < 1.29 is 9.90 Å². The zero-order chi connectivity index (χ0) is 14.0. The van der Waals surface area contributed by atoms with Crippen LogP contribution < -0.4 is 4.87 Å². The minimum atomic E-state index is -0.919. The first kappa shape index (κ1) is 13.8. The van der Waals surface area contributed by atoms with E-state index in [-0.39, 0.29) is 17.8 Å². The molecular weight excluding hydrogens is 286 g/mol. The van der Waals surface area contributed by atoms with E-state index in [0.717, 1.165) is 27.5 Å². The SMILES string of the molecule is Cc1sc(=O)n(CCC(=O)O)c1-c1ccc(Cl)cc1. The van der Waals surface area contributed by atoms with Gasteiger partial charge in [-0.3, -0.25) is 14.2 Å². The first-order valence-electron chi connectivity index (χ1n) is 5.67. The summed E-state index contributed by atoms with van der Waals surface area (Å²) in [7, 11) is 0. The maximum absolute atomic E-state index is 11.9. The summed E-state index contributed by atoms with van der Waals surface area (Å²) in [4.78, 5) is 23.3. The fourth-order valence-electron chi connectivity index (χ4n) is 1.89. The Morgan fingerprint density at radius 2 is 2.00 bits per heavy atom. The van der Waals surface area contributed by atoms with Crippen molar-refractivity contribution in [2.45, 2.75) is 19.9 Å². The number of thiazole rings is 1. The molecule has 0 aliphatic heterocycles. The molecule has 0 atom stereocenters. The van der Waals surface area contributed by atoms with Crippen LogP contribution in [0.3, 0.4) is 0 Å². The summed E-state index contributed by atoms with van der Waals surface area (Å²) in [6.45, 7) is 2.03. The van der Waals surface area contributed by atoms with Crippen LogP contribution in [0.25, 0.3) is 11.3 Å². The summed E-state index contributed by atoms with van der Waals surface area (Å²) in [6, 6.07) is 7.15. The number of carbonyl (C=O) groups is 1. The van der Waals surface area contributed by atoms with Gasteiger partial charge >= 0.3 is 10.8 Å². The number of aliphatic carboxylic acids is 1. The molecule has 0 spiro atoms. The molecule has 19 heavy (non-hydrogen) atoms. The molecule has 0 aliphatic rings. The van der Waals surface area contributed by atoms with E-state index in [9.17, 15) is 9.59 Å². The number of aromatic nitrogens is 1. The number of benzene rings is 1. The lowest BCUT2D eigenvalue weighted by molar-refractivity contribution is -0.137. The van der Waals surface area contributed by atoms with Crippen LogP contribution in [0.2, 0.25) is 5.02 Å². The molecule has 100 valence electrons. The second-order valence-electron chi connectivity index (χ2n) is 4.08. The Kier molecular flexibility index (Phi) is 4.07. The summed E-state index contributed by atoms with van der Waals surface area (Å²) in [5, 5.41) is 9.36. The normalized spacial score (nSPS) is 10.6.